The average molecular weight is 474 g/mol. The number of carbonyl (C=O) groups is 2. The molecule has 2 amide bonds. The van der Waals surface area contributed by atoms with Gasteiger partial charge in [0.15, 0.2) is 0 Å². The number of rotatable bonds is 9. The molecule has 8 heteroatoms. The summed E-state index contributed by atoms with van der Waals surface area (Å²) in [4.78, 5) is 27.8. The number of benzene rings is 2. The molecule has 2 aromatic carbocycles. The molecule has 2 aromatic rings. The molecule has 0 bridgehead atoms. The molecule has 0 fully saturated rings. The molecule has 0 saturated carbocycles. The van der Waals surface area contributed by atoms with Gasteiger partial charge >= 0.3 is 0 Å². The SMILES string of the molecule is Cc1ccccc1N(CC(=O)N(CCc1ccccc1)[C@H](C)C(=O)NC(C)(C)C)S(C)(=O)=O. The van der Waals surface area contributed by atoms with Gasteiger partial charge in [-0.05, 0) is 58.2 Å². The van der Waals surface area contributed by atoms with Crippen molar-refractivity contribution >= 4 is 27.5 Å². The van der Waals surface area contributed by atoms with Crippen molar-refractivity contribution in [1.29, 1.82) is 0 Å². The molecule has 1 N–H and O–H groups in total. The van der Waals surface area contributed by atoms with E-state index < -0.39 is 27.5 Å². The fourth-order valence-electron chi connectivity index (χ4n) is 3.48. The minimum atomic E-state index is -3.73. The lowest BCUT2D eigenvalue weighted by Crippen LogP contribution is -2.55. The summed E-state index contributed by atoms with van der Waals surface area (Å²) >= 11 is 0. The zero-order valence-corrected chi connectivity index (χ0v) is 21.1. The second-order valence-corrected chi connectivity index (χ2v) is 11.2. The van der Waals surface area contributed by atoms with Gasteiger partial charge in [0, 0.05) is 12.1 Å². The van der Waals surface area contributed by atoms with E-state index in [4.69, 9.17) is 0 Å². The predicted octanol–water partition coefficient (Wildman–Crippen LogP) is 3.14. The van der Waals surface area contributed by atoms with Crippen LogP contribution in [0.25, 0.3) is 0 Å². The lowest BCUT2D eigenvalue weighted by molar-refractivity contribution is -0.139. The Labute approximate surface area is 197 Å². The quantitative estimate of drug-likeness (QED) is 0.606. The summed E-state index contributed by atoms with van der Waals surface area (Å²) < 4.78 is 26.3. The van der Waals surface area contributed by atoms with Crippen LogP contribution in [-0.4, -0.2) is 56.1 Å². The van der Waals surface area contributed by atoms with E-state index in [1.165, 1.54) is 4.90 Å². The third-order valence-electron chi connectivity index (χ3n) is 5.21. The van der Waals surface area contributed by atoms with E-state index in [1.54, 1.807) is 32.0 Å². The minimum absolute atomic E-state index is 0.285. The molecule has 7 nitrogen and oxygen atoms in total. The smallest absolute Gasteiger partial charge is 0.244 e. The molecule has 0 heterocycles. The van der Waals surface area contributed by atoms with Crippen LogP contribution in [0, 0.1) is 6.92 Å². The van der Waals surface area contributed by atoms with E-state index in [2.05, 4.69) is 5.32 Å². The van der Waals surface area contributed by atoms with Crippen molar-refractivity contribution in [3.63, 3.8) is 0 Å². The van der Waals surface area contributed by atoms with E-state index in [0.717, 1.165) is 21.7 Å². The van der Waals surface area contributed by atoms with Gasteiger partial charge < -0.3 is 10.2 Å². The summed E-state index contributed by atoms with van der Waals surface area (Å²) in [5.74, 6) is -0.720. The third-order valence-corrected chi connectivity index (χ3v) is 6.34. The van der Waals surface area contributed by atoms with Gasteiger partial charge in [0.2, 0.25) is 21.8 Å². The van der Waals surface area contributed by atoms with Crippen LogP contribution in [0.3, 0.4) is 0 Å². The number of amides is 2. The molecular weight excluding hydrogens is 438 g/mol. The minimum Gasteiger partial charge on any atom is -0.350 e. The highest BCUT2D eigenvalue weighted by atomic mass is 32.2. The molecule has 1 atom stereocenters. The fraction of sp³-hybridized carbons (Fsp3) is 0.440. The Morgan fingerprint density at radius 2 is 1.58 bits per heavy atom. The maximum absolute atomic E-state index is 13.5. The van der Waals surface area contributed by atoms with Crippen LogP contribution in [-0.2, 0) is 26.0 Å². The van der Waals surface area contributed by atoms with Crippen molar-refractivity contribution in [1.82, 2.24) is 10.2 Å². The van der Waals surface area contributed by atoms with Crippen LogP contribution in [0.15, 0.2) is 54.6 Å². The maximum Gasteiger partial charge on any atom is 0.244 e. The maximum atomic E-state index is 13.5. The number of nitrogens with one attached hydrogen (secondary N) is 1. The largest absolute Gasteiger partial charge is 0.350 e. The van der Waals surface area contributed by atoms with Crippen LogP contribution in [0.1, 0.15) is 38.8 Å². The van der Waals surface area contributed by atoms with E-state index in [0.29, 0.717) is 12.1 Å². The molecule has 0 unspecified atom stereocenters. The molecule has 0 radical (unpaired) electrons. The molecule has 0 aromatic heterocycles. The molecular formula is C25H35N3O4S. The zero-order valence-electron chi connectivity index (χ0n) is 20.3. The Morgan fingerprint density at radius 1 is 1.00 bits per heavy atom. The third kappa shape index (κ3) is 7.89. The number of nitrogens with zero attached hydrogens (tertiary/aromatic N) is 2. The first-order valence-corrected chi connectivity index (χ1v) is 12.8. The number of carbonyl (C=O) groups excluding carboxylic acids is 2. The summed E-state index contributed by atoms with van der Waals surface area (Å²) in [5, 5.41) is 2.91. The monoisotopic (exact) mass is 473 g/mol. The molecule has 0 aliphatic carbocycles. The Kier molecular flexibility index (Phi) is 8.66. The molecule has 0 aliphatic rings. The van der Waals surface area contributed by atoms with Gasteiger partial charge in [-0.3, -0.25) is 13.9 Å². The van der Waals surface area contributed by atoms with Gasteiger partial charge in [0.05, 0.1) is 11.9 Å². The Morgan fingerprint density at radius 3 is 2.12 bits per heavy atom. The van der Waals surface area contributed by atoms with Crippen molar-refractivity contribution in [2.45, 2.75) is 52.6 Å². The second kappa shape index (κ2) is 10.8. The highest BCUT2D eigenvalue weighted by Gasteiger charge is 2.31. The topological polar surface area (TPSA) is 86.8 Å². The number of anilines is 1. The second-order valence-electron chi connectivity index (χ2n) is 9.29. The van der Waals surface area contributed by atoms with Crippen molar-refractivity contribution in [2.24, 2.45) is 0 Å². The molecule has 0 saturated heterocycles. The molecule has 0 spiro atoms. The lowest BCUT2D eigenvalue weighted by Gasteiger charge is -2.33. The van der Waals surface area contributed by atoms with Crippen LogP contribution in [0.4, 0.5) is 5.69 Å². The Bertz CT molecular complexity index is 1060. The van der Waals surface area contributed by atoms with Gasteiger partial charge in [0.1, 0.15) is 12.6 Å². The standard InChI is InChI=1S/C25H35N3O4S/c1-19-12-10-11-15-22(19)28(33(6,31)32)18-23(29)27(17-16-21-13-8-7-9-14-21)20(2)24(30)26-25(3,4)5/h7-15,20H,16-18H2,1-6H3,(H,26,30)/t20-/m1/s1. The number of sulfonamides is 1. The van der Waals surface area contributed by atoms with E-state index in [9.17, 15) is 18.0 Å². The van der Waals surface area contributed by atoms with E-state index >= 15 is 0 Å². The average Bonchev–Trinajstić information content (AvgIpc) is 2.71. The van der Waals surface area contributed by atoms with Crippen molar-refractivity contribution < 1.29 is 18.0 Å². The van der Waals surface area contributed by atoms with Crippen LogP contribution < -0.4 is 9.62 Å². The fourth-order valence-corrected chi connectivity index (χ4v) is 4.39. The van der Waals surface area contributed by atoms with Crippen LogP contribution in [0.2, 0.25) is 0 Å². The Hall–Kier alpha value is -2.87. The lowest BCUT2D eigenvalue weighted by atomic mass is 10.1. The highest BCUT2D eigenvalue weighted by molar-refractivity contribution is 7.92. The molecule has 180 valence electrons. The number of hydrogen-bond acceptors (Lipinski definition) is 4. The number of aryl methyl sites for hydroxylation is 1. The molecule has 33 heavy (non-hydrogen) atoms. The zero-order chi connectivity index (χ0) is 24.8. The van der Waals surface area contributed by atoms with Crippen LogP contribution >= 0.6 is 0 Å². The summed E-state index contributed by atoms with van der Waals surface area (Å²) in [6, 6.07) is 15.9. The number of para-hydroxylation sites is 1. The highest BCUT2D eigenvalue weighted by Crippen LogP contribution is 2.22. The van der Waals surface area contributed by atoms with Crippen molar-refractivity contribution in [3.05, 3.63) is 65.7 Å². The molecule has 2 rings (SSSR count). The first-order chi connectivity index (χ1) is 15.3. The van der Waals surface area contributed by atoms with E-state index in [-0.39, 0.29) is 19.0 Å². The summed E-state index contributed by atoms with van der Waals surface area (Å²) in [6.45, 7) is 8.98. The molecule has 0 aliphatic heterocycles. The van der Waals surface area contributed by atoms with Crippen LogP contribution in [0.5, 0.6) is 0 Å². The van der Waals surface area contributed by atoms with Gasteiger partial charge in [-0.2, -0.15) is 0 Å². The van der Waals surface area contributed by atoms with Gasteiger partial charge in [0.25, 0.3) is 0 Å². The normalized spacial score (nSPS) is 12.7. The van der Waals surface area contributed by atoms with Gasteiger partial charge in [-0.25, -0.2) is 8.42 Å². The predicted molar refractivity (Wildman–Crippen MR) is 133 cm³/mol. The van der Waals surface area contributed by atoms with E-state index in [1.807, 2.05) is 57.2 Å². The summed E-state index contributed by atoms with van der Waals surface area (Å²) in [7, 11) is -3.73. The summed E-state index contributed by atoms with van der Waals surface area (Å²) in [5.41, 5.74) is 1.75. The van der Waals surface area contributed by atoms with Gasteiger partial charge in [-0.15, -0.1) is 0 Å². The first kappa shape index (κ1) is 26.4. The number of hydrogen-bond donors (Lipinski definition) is 1. The summed E-state index contributed by atoms with van der Waals surface area (Å²) in [6.07, 6.45) is 1.62. The first-order valence-electron chi connectivity index (χ1n) is 11.0. The van der Waals surface area contributed by atoms with Crippen molar-refractivity contribution in [2.75, 3.05) is 23.7 Å². The van der Waals surface area contributed by atoms with Gasteiger partial charge in [-0.1, -0.05) is 48.5 Å². The Balaban J connectivity index is 2.33. The van der Waals surface area contributed by atoms with Crippen molar-refractivity contribution in [3.8, 4) is 0 Å².